The van der Waals surface area contributed by atoms with Crippen LogP contribution in [0.3, 0.4) is 0 Å². The lowest BCUT2D eigenvalue weighted by molar-refractivity contribution is -0.139. The van der Waals surface area contributed by atoms with E-state index in [4.69, 9.17) is 4.74 Å². The maximum Gasteiger partial charge on any atom is 0.278 e. The summed E-state index contributed by atoms with van der Waals surface area (Å²) in [5, 5.41) is 0. The van der Waals surface area contributed by atoms with Crippen molar-refractivity contribution in [3.63, 3.8) is 0 Å². The van der Waals surface area contributed by atoms with Gasteiger partial charge in [-0.1, -0.05) is 42.5 Å². The quantitative estimate of drug-likeness (QED) is 0.603. The molecule has 2 aromatic rings. The fourth-order valence-electron chi connectivity index (χ4n) is 4.75. The Labute approximate surface area is 190 Å². The molecule has 2 aliphatic rings. The third-order valence-corrected chi connectivity index (χ3v) is 6.36. The number of carbonyl (C=O) groups excluding carboxylic acids is 2. The van der Waals surface area contributed by atoms with Gasteiger partial charge in [0.25, 0.3) is 11.8 Å². The molecule has 0 bridgehead atoms. The van der Waals surface area contributed by atoms with E-state index in [2.05, 4.69) is 29.2 Å². The Bertz CT molecular complexity index is 987. The van der Waals surface area contributed by atoms with E-state index in [1.54, 1.807) is 0 Å². The van der Waals surface area contributed by atoms with Crippen molar-refractivity contribution in [2.45, 2.75) is 46.1 Å². The van der Waals surface area contributed by atoms with Crippen LogP contribution in [0, 0.1) is 5.92 Å². The molecule has 0 aromatic heterocycles. The van der Waals surface area contributed by atoms with Gasteiger partial charge in [0.15, 0.2) is 0 Å². The first-order valence-electron chi connectivity index (χ1n) is 11.6. The fourth-order valence-corrected chi connectivity index (χ4v) is 4.75. The molecular formula is C27H32N2O3. The maximum absolute atomic E-state index is 13.4. The van der Waals surface area contributed by atoms with Gasteiger partial charge in [-0.15, -0.1) is 0 Å². The van der Waals surface area contributed by atoms with Gasteiger partial charge in [-0.25, -0.2) is 0 Å². The molecule has 4 rings (SSSR count). The Morgan fingerprint density at radius 3 is 2.19 bits per heavy atom. The van der Waals surface area contributed by atoms with E-state index in [1.165, 1.54) is 10.5 Å². The molecule has 2 aromatic carbocycles. The SMILES string of the molecule is CCOc1ccc(C2=C(N3CCC(Cc4ccccc4)CC3)C(=O)N(C(C)C)C2=O)cc1. The molecule has 5 heteroatoms. The molecule has 0 saturated carbocycles. The summed E-state index contributed by atoms with van der Waals surface area (Å²) >= 11 is 0. The largest absolute Gasteiger partial charge is 0.494 e. The Kier molecular flexibility index (Phi) is 6.63. The highest BCUT2D eigenvalue weighted by Gasteiger charge is 2.43. The molecular weight excluding hydrogens is 400 g/mol. The molecule has 0 spiro atoms. The fraction of sp³-hybridized carbons (Fsp3) is 0.407. The topological polar surface area (TPSA) is 49.9 Å². The number of imide groups is 1. The van der Waals surface area contributed by atoms with Crippen molar-refractivity contribution in [1.29, 1.82) is 0 Å². The molecule has 0 atom stereocenters. The van der Waals surface area contributed by atoms with Crippen LogP contribution in [0.25, 0.3) is 5.57 Å². The van der Waals surface area contributed by atoms with Gasteiger partial charge in [-0.3, -0.25) is 14.5 Å². The highest BCUT2D eigenvalue weighted by molar-refractivity contribution is 6.35. The Morgan fingerprint density at radius 2 is 1.59 bits per heavy atom. The van der Waals surface area contributed by atoms with E-state index in [0.717, 1.165) is 43.7 Å². The summed E-state index contributed by atoms with van der Waals surface area (Å²) in [4.78, 5) is 30.2. The van der Waals surface area contributed by atoms with Gasteiger partial charge in [0, 0.05) is 19.1 Å². The number of nitrogens with zero attached hydrogens (tertiary/aromatic N) is 2. The van der Waals surface area contributed by atoms with Gasteiger partial charge >= 0.3 is 0 Å². The number of carbonyl (C=O) groups is 2. The van der Waals surface area contributed by atoms with Gasteiger partial charge in [0.2, 0.25) is 0 Å². The van der Waals surface area contributed by atoms with Crippen LogP contribution in [0.4, 0.5) is 0 Å². The van der Waals surface area contributed by atoms with Crippen LogP contribution in [0.5, 0.6) is 5.75 Å². The minimum atomic E-state index is -0.199. The highest BCUT2D eigenvalue weighted by atomic mass is 16.5. The smallest absolute Gasteiger partial charge is 0.278 e. The van der Waals surface area contributed by atoms with E-state index in [9.17, 15) is 9.59 Å². The number of hydrogen-bond acceptors (Lipinski definition) is 4. The van der Waals surface area contributed by atoms with Crippen LogP contribution >= 0.6 is 0 Å². The number of likely N-dealkylation sites (tertiary alicyclic amines) is 1. The van der Waals surface area contributed by atoms with Gasteiger partial charge in [-0.2, -0.15) is 0 Å². The summed E-state index contributed by atoms with van der Waals surface area (Å²) in [5.74, 6) is 0.986. The summed E-state index contributed by atoms with van der Waals surface area (Å²) in [6.07, 6.45) is 3.08. The maximum atomic E-state index is 13.4. The van der Waals surface area contributed by atoms with Crippen molar-refractivity contribution >= 4 is 17.4 Å². The predicted molar refractivity (Wildman–Crippen MR) is 126 cm³/mol. The minimum absolute atomic E-state index is 0.171. The Morgan fingerprint density at radius 1 is 0.938 bits per heavy atom. The van der Waals surface area contributed by atoms with Crippen molar-refractivity contribution in [3.8, 4) is 5.75 Å². The molecule has 0 radical (unpaired) electrons. The molecule has 2 amide bonds. The van der Waals surface area contributed by atoms with Gasteiger partial charge in [0.05, 0.1) is 12.2 Å². The number of piperidine rings is 1. The second-order valence-corrected chi connectivity index (χ2v) is 8.88. The third kappa shape index (κ3) is 4.43. The van der Waals surface area contributed by atoms with Crippen LogP contribution in [0.15, 0.2) is 60.3 Å². The summed E-state index contributed by atoms with van der Waals surface area (Å²) in [5.41, 5.74) is 3.22. The summed E-state index contributed by atoms with van der Waals surface area (Å²) in [6, 6.07) is 17.9. The van der Waals surface area contributed by atoms with Crippen molar-refractivity contribution in [1.82, 2.24) is 9.80 Å². The second-order valence-electron chi connectivity index (χ2n) is 8.88. The van der Waals surface area contributed by atoms with Crippen LogP contribution in [0.1, 0.15) is 44.7 Å². The Hall–Kier alpha value is -3.08. The zero-order chi connectivity index (χ0) is 22.7. The van der Waals surface area contributed by atoms with Crippen molar-refractivity contribution in [2.24, 2.45) is 5.92 Å². The second kappa shape index (κ2) is 9.60. The third-order valence-electron chi connectivity index (χ3n) is 6.36. The van der Waals surface area contributed by atoms with Crippen molar-refractivity contribution in [2.75, 3.05) is 19.7 Å². The molecule has 5 nitrogen and oxygen atoms in total. The number of benzene rings is 2. The normalized spacial score (nSPS) is 17.6. The molecule has 0 unspecified atom stereocenters. The summed E-state index contributed by atoms with van der Waals surface area (Å²) in [7, 11) is 0. The zero-order valence-electron chi connectivity index (χ0n) is 19.2. The number of amides is 2. The standard InChI is InChI=1S/C27H32N2O3/c1-4-32-23-12-10-22(11-13-23)24-25(27(31)29(19(2)3)26(24)30)28-16-14-21(15-17-28)18-20-8-6-5-7-9-20/h5-13,19,21H,4,14-18H2,1-3H3. The van der Waals surface area contributed by atoms with Gasteiger partial charge < -0.3 is 9.64 Å². The number of ether oxygens (including phenoxy) is 1. The lowest BCUT2D eigenvalue weighted by Gasteiger charge is -2.34. The van der Waals surface area contributed by atoms with Crippen LogP contribution in [-0.2, 0) is 16.0 Å². The monoisotopic (exact) mass is 432 g/mol. The molecule has 2 heterocycles. The highest BCUT2D eigenvalue weighted by Crippen LogP contribution is 2.35. The average Bonchev–Trinajstić information content (AvgIpc) is 3.06. The molecule has 2 aliphatic heterocycles. The molecule has 1 saturated heterocycles. The summed E-state index contributed by atoms with van der Waals surface area (Å²) in [6.45, 7) is 7.89. The van der Waals surface area contributed by atoms with E-state index in [-0.39, 0.29) is 17.9 Å². The van der Waals surface area contributed by atoms with E-state index < -0.39 is 0 Å². The first-order valence-corrected chi connectivity index (χ1v) is 11.6. The average molecular weight is 433 g/mol. The van der Waals surface area contributed by atoms with Crippen LogP contribution in [0.2, 0.25) is 0 Å². The van der Waals surface area contributed by atoms with Gasteiger partial charge in [-0.05, 0) is 69.2 Å². The first kappa shape index (κ1) is 22.1. The zero-order valence-corrected chi connectivity index (χ0v) is 19.2. The molecule has 0 aliphatic carbocycles. The Balaban J connectivity index is 1.58. The van der Waals surface area contributed by atoms with Gasteiger partial charge in [0.1, 0.15) is 11.4 Å². The van der Waals surface area contributed by atoms with E-state index in [0.29, 0.717) is 23.8 Å². The lowest BCUT2D eigenvalue weighted by atomic mass is 9.89. The molecule has 0 N–H and O–H groups in total. The number of hydrogen-bond donors (Lipinski definition) is 0. The molecule has 32 heavy (non-hydrogen) atoms. The van der Waals surface area contributed by atoms with Crippen molar-refractivity contribution in [3.05, 3.63) is 71.4 Å². The molecule has 168 valence electrons. The number of rotatable bonds is 7. The van der Waals surface area contributed by atoms with Crippen LogP contribution < -0.4 is 4.74 Å². The van der Waals surface area contributed by atoms with Crippen LogP contribution in [-0.4, -0.2) is 47.4 Å². The molecule has 1 fully saturated rings. The summed E-state index contributed by atoms with van der Waals surface area (Å²) < 4.78 is 5.55. The van der Waals surface area contributed by atoms with Crippen molar-refractivity contribution < 1.29 is 14.3 Å². The minimum Gasteiger partial charge on any atom is -0.494 e. The lowest BCUT2D eigenvalue weighted by Crippen LogP contribution is -2.41. The first-order chi connectivity index (χ1) is 15.5. The predicted octanol–water partition coefficient (Wildman–Crippen LogP) is 4.53. The van der Waals surface area contributed by atoms with E-state index >= 15 is 0 Å². The van der Waals surface area contributed by atoms with E-state index in [1.807, 2.05) is 51.1 Å².